The van der Waals surface area contributed by atoms with Gasteiger partial charge >= 0.3 is 0 Å². The lowest BCUT2D eigenvalue weighted by atomic mass is 10.0. The van der Waals surface area contributed by atoms with E-state index in [1.807, 2.05) is 54.6 Å². The van der Waals surface area contributed by atoms with Crippen molar-refractivity contribution in [1.82, 2.24) is 10.3 Å². The molecule has 1 amide bonds. The first-order valence-corrected chi connectivity index (χ1v) is 11.3. The van der Waals surface area contributed by atoms with E-state index in [2.05, 4.69) is 12.2 Å². The summed E-state index contributed by atoms with van der Waals surface area (Å²) in [7, 11) is 1.65. The van der Waals surface area contributed by atoms with Gasteiger partial charge < -0.3 is 15.0 Å². The zero-order valence-electron chi connectivity index (χ0n) is 18.5. The lowest BCUT2D eigenvalue weighted by Crippen LogP contribution is -3.16. The number of fused-ring (bicyclic) bond motifs is 1. The second-order valence-corrected chi connectivity index (χ2v) is 8.47. The predicted octanol–water partition coefficient (Wildman–Crippen LogP) is 3.49. The minimum atomic E-state index is -0.0376. The van der Waals surface area contributed by atoms with Crippen LogP contribution in [-0.2, 0) is 0 Å². The van der Waals surface area contributed by atoms with Crippen molar-refractivity contribution >= 4 is 16.8 Å². The summed E-state index contributed by atoms with van der Waals surface area (Å²) in [6.45, 7) is 5.41. The van der Waals surface area contributed by atoms with Gasteiger partial charge in [-0.2, -0.15) is 0 Å². The van der Waals surface area contributed by atoms with Gasteiger partial charge in [-0.1, -0.05) is 30.3 Å². The maximum absolute atomic E-state index is 13.1. The molecule has 0 bridgehead atoms. The van der Waals surface area contributed by atoms with Gasteiger partial charge in [-0.3, -0.25) is 4.79 Å². The molecule has 1 aromatic heterocycles. The topological polar surface area (TPSA) is 55.7 Å². The molecule has 5 heteroatoms. The fourth-order valence-electron chi connectivity index (χ4n) is 4.53. The van der Waals surface area contributed by atoms with Gasteiger partial charge in [-0.15, -0.1) is 0 Å². The Morgan fingerprint density at radius 1 is 1.16 bits per heavy atom. The Hall–Kier alpha value is -2.92. The third-order valence-electron chi connectivity index (χ3n) is 6.37. The average molecular weight is 419 g/mol. The summed E-state index contributed by atoms with van der Waals surface area (Å²) < 4.78 is 5.36. The highest BCUT2D eigenvalue weighted by atomic mass is 16.5. The molecule has 1 aliphatic heterocycles. The van der Waals surface area contributed by atoms with Gasteiger partial charge in [-0.05, 0) is 50.5 Å². The SMILES string of the molecule is COc1cccc(-c2cc(C(=O)NCCC[NH+]3CCCC[C@H]3C)c3ccccc3n2)c1. The fraction of sp³-hybridized carbons (Fsp3) is 0.385. The Labute approximate surface area is 184 Å². The van der Waals surface area contributed by atoms with E-state index in [0.29, 0.717) is 12.1 Å². The van der Waals surface area contributed by atoms with Crippen LogP contribution in [0.2, 0.25) is 0 Å². The summed E-state index contributed by atoms with van der Waals surface area (Å²) in [5.41, 5.74) is 3.19. The summed E-state index contributed by atoms with van der Waals surface area (Å²) in [4.78, 5) is 19.6. The summed E-state index contributed by atoms with van der Waals surface area (Å²) >= 11 is 0. The molecule has 2 aromatic carbocycles. The van der Waals surface area contributed by atoms with E-state index >= 15 is 0 Å². The maximum atomic E-state index is 13.1. The molecule has 2 heterocycles. The average Bonchev–Trinajstić information content (AvgIpc) is 2.82. The molecule has 1 saturated heterocycles. The Morgan fingerprint density at radius 3 is 2.87 bits per heavy atom. The summed E-state index contributed by atoms with van der Waals surface area (Å²) in [5, 5.41) is 4.02. The maximum Gasteiger partial charge on any atom is 0.252 e. The van der Waals surface area contributed by atoms with Crippen molar-refractivity contribution in [3.05, 3.63) is 60.2 Å². The predicted molar refractivity (Wildman–Crippen MR) is 125 cm³/mol. The smallest absolute Gasteiger partial charge is 0.252 e. The number of amides is 1. The van der Waals surface area contributed by atoms with Crippen molar-refractivity contribution in [2.75, 3.05) is 26.7 Å². The molecular weight excluding hydrogens is 386 g/mol. The van der Waals surface area contributed by atoms with Gasteiger partial charge in [-0.25, -0.2) is 4.98 Å². The minimum Gasteiger partial charge on any atom is -0.497 e. The highest BCUT2D eigenvalue weighted by Crippen LogP contribution is 2.27. The van der Waals surface area contributed by atoms with Crippen LogP contribution in [0.5, 0.6) is 5.75 Å². The first kappa shape index (κ1) is 21.3. The molecule has 1 aliphatic rings. The number of aromatic nitrogens is 1. The fourth-order valence-corrected chi connectivity index (χ4v) is 4.53. The third-order valence-corrected chi connectivity index (χ3v) is 6.37. The zero-order valence-corrected chi connectivity index (χ0v) is 18.5. The molecule has 1 fully saturated rings. The molecule has 3 aromatic rings. The highest BCUT2D eigenvalue weighted by Gasteiger charge is 2.21. The Bertz CT molecular complexity index is 1050. The number of ether oxygens (including phenoxy) is 1. The quantitative estimate of drug-likeness (QED) is 0.578. The largest absolute Gasteiger partial charge is 0.497 e. The molecule has 2 atom stereocenters. The number of para-hydroxylation sites is 1. The van der Waals surface area contributed by atoms with Crippen molar-refractivity contribution in [1.29, 1.82) is 0 Å². The third kappa shape index (κ3) is 5.05. The number of benzene rings is 2. The van der Waals surface area contributed by atoms with Gasteiger partial charge in [0.1, 0.15) is 5.75 Å². The number of hydrogen-bond donors (Lipinski definition) is 2. The van der Waals surface area contributed by atoms with Gasteiger partial charge in [0.25, 0.3) is 5.91 Å². The first-order chi connectivity index (χ1) is 15.2. The van der Waals surface area contributed by atoms with Crippen molar-refractivity contribution in [3.8, 4) is 17.0 Å². The van der Waals surface area contributed by atoms with Crippen LogP contribution in [-0.4, -0.2) is 43.7 Å². The van der Waals surface area contributed by atoms with Gasteiger partial charge in [0.05, 0.1) is 43.0 Å². The lowest BCUT2D eigenvalue weighted by molar-refractivity contribution is -0.928. The standard InChI is InChI=1S/C26H31N3O2/c1-19-9-5-6-15-29(19)16-8-14-27-26(30)23-18-25(20-10-7-11-21(17-20)31-2)28-24-13-4-3-12-22(23)24/h3-4,7,10-13,17-19H,5-6,8-9,14-16H2,1-2H3,(H,27,30)/p+1/t19-/m1/s1. The van der Waals surface area contributed by atoms with E-state index in [1.54, 1.807) is 12.0 Å². The van der Waals surface area contributed by atoms with Crippen molar-refractivity contribution in [2.45, 2.75) is 38.6 Å². The van der Waals surface area contributed by atoms with Crippen LogP contribution in [0.3, 0.4) is 0 Å². The number of nitrogens with zero attached hydrogens (tertiary/aromatic N) is 1. The van der Waals surface area contributed by atoms with E-state index in [1.165, 1.54) is 25.8 Å². The molecule has 0 saturated carbocycles. The molecule has 0 radical (unpaired) electrons. The van der Waals surface area contributed by atoms with Gasteiger partial charge in [0.2, 0.25) is 0 Å². The molecular formula is C26H32N3O2+. The summed E-state index contributed by atoms with van der Waals surface area (Å²) in [6, 6.07) is 18.2. The minimum absolute atomic E-state index is 0.0376. The van der Waals surface area contributed by atoms with Crippen molar-refractivity contribution in [2.24, 2.45) is 0 Å². The number of quaternary nitrogens is 1. The molecule has 0 spiro atoms. The first-order valence-electron chi connectivity index (χ1n) is 11.3. The van der Waals surface area contributed by atoms with Crippen LogP contribution < -0.4 is 15.0 Å². The molecule has 4 rings (SSSR count). The Balaban J connectivity index is 1.51. The summed E-state index contributed by atoms with van der Waals surface area (Å²) in [6.07, 6.45) is 4.99. The Kier molecular flexibility index (Phi) is 6.82. The van der Waals surface area contributed by atoms with E-state index in [0.717, 1.165) is 46.9 Å². The number of likely N-dealkylation sites (tertiary alicyclic amines) is 1. The zero-order chi connectivity index (χ0) is 21.6. The van der Waals surface area contributed by atoms with Gasteiger partial charge in [0.15, 0.2) is 0 Å². The number of piperidine rings is 1. The molecule has 162 valence electrons. The van der Waals surface area contributed by atoms with Crippen LogP contribution in [0.25, 0.3) is 22.2 Å². The van der Waals surface area contributed by atoms with Gasteiger partial charge in [0, 0.05) is 23.9 Å². The number of hydrogen-bond acceptors (Lipinski definition) is 3. The monoisotopic (exact) mass is 418 g/mol. The van der Waals surface area contributed by atoms with Crippen molar-refractivity contribution < 1.29 is 14.4 Å². The van der Waals surface area contributed by atoms with Crippen LogP contribution in [0.1, 0.15) is 43.0 Å². The van der Waals surface area contributed by atoms with Crippen LogP contribution in [0, 0.1) is 0 Å². The van der Waals surface area contributed by atoms with Crippen LogP contribution >= 0.6 is 0 Å². The lowest BCUT2D eigenvalue weighted by Gasteiger charge is -2.30. The number of pyridine rings is 1. The molecule has 2 N–H and O–H groups in total. The van der Waals surface area contributed by atoms with Crippen molar-refractivity contribution in [3.63, 3.8) is 0 Å². The number of methoxy groups -OCH3 is 1. The van der Waals surface area contributed by atoms with E-state index in [4.69, 9.17) is 9.72 Å². The van der Waals surface area contributed by atoms with E-state index in [-0.39, 0.29) is 5.91 Å². The second-order valence-electron chi connectivity index (χ2n) is 8.47. The molecule has 0 aliphatic carbocycles. The second kappa shape index (κ2) is 9.92. The number of carbonyl (C=O) groups excluding carboxylic acids is 1. The number of carbonyl (C=O) groups is 1. The van der Waals surface area contributed by atoms with Crippen LogP contribution in [0.15, 0.2) is 54.6 Å². The molecule has 31 heavy (non-hydrogen) atoms. The normalized spacial score (nSPS) is 18.6. The van der Waals surface area contributed by atoms with Crippen LogP contribution in [0.4, 0.5) is 0 Å². The van der Waals surface area contributed by atoms with E-state index < -0.39 is 0 Å². The van der Waals surface area contributed by atoms with E-state index in [9.17, 15) is 4.79 Å². The Morgan fingerprint density at radius 2 is 2.03 bits per heavy atom. The highest BCUT2D eigenvalue weighted by molar-refractivity contribution is 6.07. The molecule has 1 unspecified atom stereocenters. The number of rotatable bonds is 7. The number of nitrogens with one attached hydrogen (secondary N) is 2. The molecule has 5 nitrogen and oxygen atoms in total. The summed E-state index contributed by atoms with van der Waals surface area (Å²) in [5.74, 6) is 0.734.